The van der Waals surface area contributed by atoms with Gasteiger partial charge >= 0.3 is 6.03 Å². The highest BCUT2D eigenvalue weighted by atomic mass is 32.2. The highest BCUT2D eigenvalue weighted by Crippen LogP contribution is 2.13. The number of urea groups is 1. The molecule has 0 radical (unpaired) electrons. The van der Waals surface area contributed by atoms with Gasteiger partial charge in [0, 0.05) is 25.7 Å². The van der Waals surface area contributed by atoms with Crippen molar-refractivity contribution in [1.82, 2.24) is 14.9 Å². The lowest BCUT2D eigenvalue weighted by Gasteiger charge is -2.30. The molecule has 1 heterocycles. The Morgan fingerprint density at radius 1 is 1.24 bits per heavy atom. The number of hydrogen-bond donors (Lipinski definition) is 2. The monoisotopic (exact) mass is 311 g/mol. The second-order valence-corrected chi connectivity index (χ2v) is 7.23. The first-order valence-corrected chi connectivity index (χ1v) is 8.83. The lowest BCUT2D eigenvalue weighted by Crippen LogP contribution is -2.48. The van der Waals surface area contributed by atoms with E-state index in [0.29, 0.717) is 32.5 Å². The van der Waals surface area contributed by atoms with Crippen LogP contribution >= 0.6 is 0 Å². The van der Waals surface area contributed by atoms with Gasteiger partial charge in [0.2, 0.25) is 10.0 Å². The molecule has 2 rings (SSSR count). The standard InChI is InChI=1S/C14H21N3O3S/c1-21(19,20)17-9-7-13(8-10-17)16-14(18)15-11-12-5-3-2-4-6-12/h2-6,13H,7-11H2,1H3,(H2,15,16,18). The third-order valence-electron chi connectivity index (χ3n) is 3.55. The Kier molecular flexibility index (Phi) is 5.19. The zero-order valence-corrected chi connectivity index (χ0v) is 12.9. The van der Waals surface area contributed by atoms with Crippen molar-refractivity contribution < 1.29 is 13.2 Å². The molecule has 1 aromatic rings. The number of benzene rings is 1. The fraction of sp³-hybridized carbons (Fsp3) is 0.500. The molecule has 2 amide bonds. The summed E-state index contributed by atoms with van der Waals surface area (Å²) in [7, 11) is -3.12. The van der Waals surface area contributed by atoms with Crippen LogP contribution < -0.4 is 10.6 Å². The normalized spacial score (nSPS) is 17.4. The Morgan fingerprint density at radius 3 is 2.43 bits per heavy atom. The molecule has 0 aliphatic carbocycles. The third-order valence-corrected chi connectivity index (χ3v) is 4.86. The van der Waals surface area contributed by atoms with Gasteiger partial charge in [-0.05, 0) is 18.4 Å². The molecule has 0 unspecified atom stereocenters. The zero-order valence-electron chi connectivity index (χ0n) is 12.1. The minimum absolute atomic E-state index is 0.0266. The summed E-state index contributed by atoms with van der Waals surface area (Å²) in [6, 6.07) is 9.50. The van der Waals surface area contributed by atoms with E-state index in [9.17, 15) is 13.2 Å². The number of hydrogen-bond acceptors (Lipinski definition) is 3. The zero-order chi connectivity index (χ0) is 15.3. The predicted octanol–water partition coefficient (Wildman–Crippen LogP) is 0.910. The average Bonchev–Trinajstić information content (AvgIpc) is 2.46. The molecule has 1 aliphatic rings. The first kappa shape index (κ1) is 15.8. The highest BCUT2D eigenvalue weighted by Gasteiger charge is 2.25. The van der Waals surface area contributed by atoms with Gasteiger partial charge < -0.3 is 10.6 Å². The summed E-state index contributed by atoms with van der Waals surface area (Å²) >= 11 is 0. The Labute approximate surface area is 125 Å². The van der Waals surface area contributed by atoms with Gasteiger partial charge in [0.15, 0.2) is 0 Å². The van der Waals surface area contributed by atoms with Crippen molar-refractivity contribution >= 4 is 16.1 Å². The number of nitrogens with one attached hydrogen (secondary N) is 2. The van der Waals surface area contributed by atoms with E-state index >= 15 is 0 Å². The molecular weight excluding hydrogens is 290 g/mol. The van der Waals surface area contributed by atoms with Gasteiger partial charge in [-0.2, -0.15) is 0 Å². The van der Waals surface area contributed by atoms with E-state index < -0.39 is 10.0 Å². The van der Waals surface area contributed by atoms with E-state index in [1.165, 1.54) is 10.6 Å². The molecular formula is C14H21N3O3S. The molecule has 0 saturated carbocycles. The van der Waals surface area contributed by atoms with E-state index in [1.807, 2.05) is 30.3 Å². The number of amides is 2. The smallest absolute Gasteiger partial charge is 0.315 e. The number of carbonyl (C=O) groups excluding carboxylic acids is 1. The van der Waals surface area contributed by atoms with E-state index in [0.717, 1.165) is 5.56 Å². The number of carbonyl (C=O) groups is 1. The lowest BCUT2D eigenvalue weighted by atomic mass is 10.1. The molecule has 1 aliphatic heterocycles. The first-order valence-electron chi connectivity index (χ1n) is 6.98. The van der Waals surface area contributed by atoms with Crippen LogP contribution in [0.3, 0.4) is 0 Å². The SMILES string of the molecule is CS(=O)(=O)N1CCC(NC(=O)NCc2ccccc2)CC1. The molecule has 0 aromatic heterocycles. The fourth-order valence-electron chi connectivity index (χ4n) is 2.35. The number of piperidine rings is 1. The average molecular weight is 311 g/mol. The van der Waals surface area contributed by atoms with Crippen LogP contribution in [0.25, 0.3) is 0 Å². The van der Waals surface area contributed by atoms with Crippen LogP contribution in [0.15, 0.2) is 30.3 Å². The fourth-order valence-corrected chi connectivity index (χ4v) is 3.22. The Hall–Kier alpha value is -1.60. The first-order chi connectivity index (χ1) is 9.95. The second-order valence-electron chi connectivity index (χ2n) is 5.25. The van der Waals surface area contributed by atoms with Crippen LogP contribution in [0.4, 0.5) is 4.79 Å². The van der Waals surface area contributed by atoms with Crippen molar-refractivity contribution in [2.24, 2.45) is 0 Å². The van der Waals surface area contributed by atoms with Crippen molar-refractivity contribution in [2.75, 3.05) is 19.3 Å². The molecule has 1 saturated heterocycles. The van der Waals surface area contributed by atoms with Crippen LogP contribution in [0, 0.1) is 0 Å². The predicted molar refractivity (Wildman–Crippen MR) is 81.3 cm³/mol. The maximum absolute atomic E-state index is 11.8. The van der Waals surface area contributed by atoms with E-state index in [1.54, 1.807) is 0 Å². The maximum atomic E-state index is 11.8. The summed E-state index contributed by atoms with van der Waals surface area (Å²) in [4.78, 5) is 11.8. The quantitative estimate of drug-likeness (QED) is 0.867. The second kappa shape index (κ2) is 6.91. The van der Waals surface area contributed by atoms with Gasteiger partial charge in [0.05, 0.1) is 6.26 Å². The van der Waals surface area contributed by atoms with Gasteiger partial charge in [0.1, 0.15) is 0 Å². The van der Waals surface area contributed by atoms with Gasteiger partial charge in [0.25, 0.3) is 0 Å². The maximum Gasteiger partial charge on any atom is 0.315 e. The minimum atomic E-state index is -3.12. The molecule has 1 fully saturated rings. The van der Waals surface area contributed by atoms with Crippen molar-refractivity contribution in [3.05, 3.63) is 35.9 Å². The third kappa shape index (κ3) is 5.02. The molecule has 0 bridgehead atoms. The Bertz CT molecular complexity index is 566. The van der Waals surface area contributed by atoms with Crippen LogP contribution in [0.2, 0.25) is 0 Å². The van der Waals surface area contributed by atoms with Crippen molar-refractivity contribution in [3.8, 4) is 0 Å². The van der Waals surface area contributed by atoms with E-state index in [-0.39, 0.29) is 12.1 Å². The van der Waals surface area contributed by atoms with Crippen molar-refractivity contribution in [3.63, 3.8) is 0 Å². The molecule has 21 heavy (non-hydrogen) atoms. The molecule has 116 valence electrons. The summed E-state index contributed by atoms with van der Waals surface area (Å²) in [6.45, 7) is 1.40. The number of rotatable bonds is 4. The molecule has 0 atom stereocenters. The summed E-state index contributed by atoms with van der Waals surface area (Å²) in [6.07, 6.45) is 2.50. The molecule has 0 spiro atoms. The summed E-state index contributed by atoms with van der Waals surface area (Å²) < 4.78 is 24.3. The molecule has 1 aromatic carbocycles. The summed E-state index contributed by atoms with van der Waals surface area (Å²) in [5.41, 5.74) is 1.04. The van der Waals surface area contributed by atoms with Gasteiger partial charge in [-0.1, -0.05) is 30.3 Å². The van der Waals surface area contributed by atoms with Crippen molar-refractivity contribution in [2.45, 2.75) is 25.4 Å². The molecule has 7 heteroatoms. The largest absolute Gasteiger partial charge is 0.335 e. The van der Waals surface area contributed by atoms with Crippen LogP contribution in [0.5, 0.6) is 0 Å². The molecule has 6 nitrogen and oxygen atoms in total. The topological polar surface area (TPSA) is 78.5 Å². The summed E-state index contributed by atoms with van der Waals surface area (Å²) in [5.74, 6) is 0. The highest BCUT2D eigenvalue weighted by molar-refractivity contribution is 7.88. The van der Waals surface area contributed by atoms with E-state index in [4.69, 9.17) is 0 Å². The number of sulfonamides is 1. The molecule has 2 N–H and O–H groups in total. The number of nitrogens with zero attached hydrogens (tertiary/aromatic N) is 1. The summed E-state index contributed by atoms with van der Waals surface area (Å²) in [5, 5.41) is 5.70. The minimum Gasteiger partial charge on any atom is -0.335 e. The van der Waals surface area contributed by atoms with Crippen molar-refractivity contribution in [1.29, 1.82) is 0 Å². The Balaban J connectivity index is 1.72. The van der Waals surface area contributed by atoms with Gasteiger partial charge in [-0.15, -0.1) is 0 Å². The van der Waals surface area contributed by atoms with E-state index in [2.05, 4.69) is 10.6 Å². The lowest BCUT2D eigenvalue weighted by molar-refractivity contribution is 0.227. The van der Waals surface area contributed by atoms with Gasteiger partial charge in [-0.3, -0.25) is 0 Å². The van der Waals surface area contributed by atoms with Crippen LogP contribution in [-0.4, -0.2) is 44.1 Å². The van der Waals surface area contributed by atoms with Crippen LogP contribution in [0.1, 0.15) is 18.4 Å². The Morgan fingerprint density at radius 2 is 1.86 bits per heavy atom. The van der Waals surface area contributed by atoms with Gasteiger partial charge in [-0.25, -0.2) is 17.5 Å². The van der Waals surface area contributed by atoms with Crippen LogP contribution in [-0.2, 0) is 16.6 Å².